The zero-order valence-electron chi connectivity index (χ0n) is 18.2. The molecule has 1 fully saturated rings. The fourth-order valence-corrected chi connectivity index (χ4v) is 5.81. The Balaban J connectivity index is 1.94. The monoisotopic (exact) mass is 448 g/mol. The average molecular weight is 449 g/mol. The fraction of sp³-hybridized carbons (Fsp3) is 0.435. The molecule has 1 aliphatic heterocycles. The fourth-order valence-electron chi connectivity index (χ4n) is 3.93. The van der Waals surface area contributed by atoms with Crippen molar-refractivity contribution in [2.45, 2.75) is 50.6 Å². The van der Waals surface area contributed by atoms with Crippen molar-refractivity contribution >= 4 is 15.9 Å². The number of nitrogens with zero attached hydrogens (tertiary/aromatic N) is 2. The number of halogens is 1. The summed E-state index contributed by atoms with van der Waals surface area (Å²) < 4.78 is 47.1. The molecule has 1 unspecified atom stereocenters. The standard InChI is InChI=1S/C23H29FN2O4S/c1-4-25(16-18-9-7-10-20(24)14-18)23(27)19-11-12-21(30-3)22(15-19)31(28,29)26-13-6-5-8-17(26)2/h7,9-12,14-15,17H,4-6,8,13,16H2,1-3H3. The average Bonchev–Trinajstić information content (AvgIpc) is 2.76. The van der Waals surface area contributed by atoms with Crippen molar-refractivity contribution in [2.24, 2.45) is 0 Å². The van der Waals surface area contributed by atoms with Crippen LogP contribution >= 0.6 is 0 Å². The minimum absolute atomic E-state index is 0.00333. The molecule has 1 heterocycles. The van der Waals surface area contributed by atoms with Gasteiger partial charge >= 0.3 is 0 Å². The molecule has 2 aromatic rings. The highest BCUT2D eigenvalue weighted by molar-refractivity contribution is 7.89. The summed E-state index contributed by atoms with van der Waals surface area (Å²) in [6.45, 7) is 4.80. The summed E-state index contributed by atoms with van der Waals surface area (Å²) >= 11 is 0. The lowest BCUT2D eigenvalue weighted by atomic mass is 10.1. The van der Waals surface area contributed by atoms with Gasteiger partial charge in [0.15, 0.2) is 0 Å². The van der Waals surface area contributed by atoms with Gasteiger partial charge in [0, 0.05) is 31.2 Å². The molecule has 3 rings (SSSR count). The van der Waals surface area contributed by atoms with Crippen LogP contribution in [-0.2, 0) is 16.6 Å². The van der Waals surface area contributed by atoms with Gasteiger partial charge in [0.1, 0.15) is 16.5 Å². The van der Waals surface area contributed by atoms with Gasteiger partial charge < -0.3 is 9.64 Å². The Hall–Kier alpha value is -2.45. The molecule has 168 valence electrons. The predicted octanol–water partition coefficient (Wildman–Crippen LogP) is 4.06. The third kappa shape index (κ3) is 5.07. The van der Waals surface area contributed by atoms with Gasteiger partial charge in [-0.25, -0.2) is 12.8 Å². The summed E-state index contributed by atoms with van der Waals surface area (Å²) in [6, 6.07) is 10.5. The van der Waals surface area contributed by atoms with Crippen LogP contribution in [0.5, 0.6) is 5.75 Å². The smallest absolute Gasteiger partial charge is 0.254 e. The van der Waals surface area contributed by atoms with E-state index in [1.807, 2.05) is 13.8 Å². The Kier molecular flexibility index (Phi) is 7.33. The van der Waals surface area contributed by atoms with Gasteiger partial charge in [-0.3, -0.25) is 4.79 Å². The number of amides is 1. The largest absolute Gasteiger partial charge is 0.495 e. The molecule has 0 bridgehead atoms. The number of rotatable bonds is 7. The van der Waals surface area contributed by atoms with Crippen LogP contribution in [0.1, 0.15) is 49.0 Å². The predicted molar refractivity (Wildman–Crippen MR) is 117 cm³/mol. The third-order valence-corrected chi connectivity index (χ3v) is 7.71. The van der Waals surface area contributed by atoms with Crippen LogP contribution in [-0.4, -0.2) is 49.8 Å². The molecule has 1 saturated heterocycles. The highest BCUT2D eigenvalue weighted by atomic mass is 32.2. The molecule has 2 aromatic carbocycles. The van der Waals surface area contributed by atoms with E-state index in [0.29, 0.717) is 18.7 Å². The topological polar surface area (TPSA) is 66.9 Å². The van der Waals surface area contributed by atoms with Crippen LogP contribution in [0.25, 0.3) is 0 Å². The Morgan fingerprint density at radius 3 is 2.65 bits per heavy atom. The second-order valence-corrected chi connectivity index (χ2v) is 9.63. The number of carbonyl (C=O) groups is 1. The number of ether oxygens (including phenoxy) is 1. The van der Waals surface area contributed by atoms with Crippen LogP contribution in [0.15, 0.2) is 47.4 Å². The van der Waals surface area contributed by atoms with E-state index in [4.69, 9.17) is 4.74 Å². The minimum Gasteiger partial charge on any atom is -0.495 e. The zero-order chi connectivity index (χ0) is 22.6. The molecular weight excluding hydrogens is 419 g/mol. The molecule has 1 atom stereocenters. The number of hydrogen-bond donors (Lipinski definition) is 0. The van der Waals surface area contributed by atoms with Crippen molar-refractivity contribution in [1.82, 2.24) is 9.21 Å². The zero-order valence-corrected chi connectivity index (χ0v) is 19.0. The second-order valence-electron chi connectivity index (χ2n) is 7.78. The van der Waals surface area contributed by atoms with Crippen molar-refractivity contribution in [3.63, 3.8) is 0 Å². The number of sulfonamides is 1. The summed E-state index contributed by atoms with van der Waals surface area (Å²) in [5, 5.41) is 0. The molecule has 6 nitrogen and oxygen atoms in total. The van der Waals surface area contributed by atoms with Crippen molar-refractivity contribution in [2.75, 3.05) is 20.2 Å². The summed E-state index contributed by atoms with van der Waals surface area (Å²) in [4.78, 5) is 14.7. The lowest BCUT2D eigenvalue weighted by molar-refractivity contribution is 0.0752. The lowest BCUT2D eigenvalue weighted by Gasteiger charge is -2.32. The van der Waals surface area contributed by atoms with Crippen LogP contribution in [0.2, 0.25) is 0 Å². The number of hydrogen-bond acceptors (Lipinski definition) is 4. The van der Waals surface area contributed by atoms with E-state index in [9.17, 15) is 17.6 Å². The van der Waals surface area contributed by atoms with Crippen molar-refractivity contribution < 1.29 is 22.3 Å². The molecule has 0 aliphatic carbocycles. The van der Waals surface area contributed by atoms with E-state index in [0.717, 1.165) is 19.3 Å². The molecule has 0 N–H and O–H groups in total. The maximum absolute atomic E-state index is 13.5. The van der Waals surface area contributed by atoms with Gasteiger partial charge in [-0.1, -0.05) is 18.6 Å². The highest BCUT2D eigenvalue weighted by Crippen LogP contribution is 2.32. The van der Waals surface area contributed by atoms with Gasteiger partial charge in [0.05, 0.1) is 7.11 Å². The van der Waals surface area contributed by atoms with Crippen LogP contribution in [0.3, 0.4) is 0 Å². The summed E-state index contributed by atoms with van der Waals surface area (Å²) in [5.74, 6) is -0.477. The number of methoxy groups -OCH3 is 1. The molecular formula is C23H29FN2O4S. The number of piperidine rings is 1. The van der Waals surface area contributed by atoms with Crippen molar-refractivity contribution in [3.8, 4) is 5.75 Å². The van der Waals surface area contributed by atoms with Crippen LogP contribution in [0, 0.1) is 5.82 Å². The first-order valence-electron chi connectivity index (χ1n) is 10.5. The number of benzene rings is 2. The van der Waals surface area contributed by atoms with E-state index < -0.39 is 10.0 Å². The van der Waals surface area contributed by atoms with Crippen LogP contribution in [0.4, 0.5) is 4.39 Å². The van der Waals surface area contributed by atoms with Gasteiger partial charge in [0.2, 0.25) is 10.0 Å². The van der Waals surface area contributed by atoms with E-state index in [2.05, 4.69) is 0 Å². The van der Waals surface area contributed by atoms with E-state index >= 15 is 0 Å². The first kappa shape index (κ1) is 23.2. The van der Waals surface area contributed by atoms with Gasteiger partial charge in [-0.05, 0) is 62.6 Å². The van der Waals surface area contributed by atoms with E-state index in [1.165, 1.54) is 35.7 Å². The molecule has 0 radical (unpaired) electrons. The molecule has 0 aromatic heterocycles. The Morgan fingerprint density at radius 1 is 1.23 bits per heavy atom. The first-order valence-corrected chi connectivity index (χ1v) is 12.0. The quantitative estimate of drug-likeness (QED) is 0.641. The van der Waals surface area contributed by atoms with Crippen molar-refractivity contribution in [1.29, 1.82) is 0 Å². The second kappa shape index (κ2) is 9.78. The molecule has 1 amide bonds. The number of carbonyl (C=O) groups excluding carboxylic acids is 1. The Bertz CT molecular complexity index is 1040. The molecule has 1 aliphatic rings. The molecule has 0 spiro atoms. The Labute approximate surface area is 183 Å². The first-order chi connectivity index (χ1) is 14.8. The maximum atomic E-state index is 13.5. The van der Waals surface area contributed by atoms with Crippen LogP contribution < -0.4 is 4.74 Å². The Morgan fingerprint density at radius 2 is 2.00 bits per heavy atom. The SMILES string of the molecule is CCN(Cc1cccc(F)c1)C(=O)c1ccc(OC)c(S(=O)(=O)N2CCCCC2C)c1. The van der Waals surface area contributed by atoms with Crippen molar-refractivity contribution in [3.05, 3.63) is 59.4 Å². The van der Waals surface area contributed by atoms with Gasteiger partial charge in [-0.15, -0.1) is 0 Å². The highest BCUT2D eigenvalue weighted by Gasteiger charge is 2.34. The van der Waals surface area contributed by atoms with E-state index in [-0.39, 0.29) is 40.5 Å². The van der Waals surface area contributed by atoms with Gasteiger partial charge in [0.25, 0.3) is 5.91 Å². The van der Waals surface area contributed by atoms with E-state index in [1.54, 1.807) is 23.1 Å². The molecule has 31 heavy (non-hydrogen) atoms. The normalized spacial score (nSPS) is 17.4. The molecule has 8 heteroatoms. The summed E-state index contributed by atoms with van der Waals surface area (Å²) in [5.41, 5.74) is 0.918. The van der Waals surface area contributed by atoms with Gasteiger partial charge in [-0.2, -0.15) is 4.31 Å². The third-order valence-electron chi connectivity index (χ3n) is 5.67. The maximum Gasteiger partial charge on any atom is 0.254 e. The lowest BCUT2D eigenvalue weighted by Crippen LogP contribution is -2.42. The minimum atomic E-state index is -3.82. The molecule has 0 saturated carbocycles. The summed E-state index contributed by atoms with van der Waals surface area (Å²) in [6.07, 6.45) is 2.60. The summed E-state index contributed by atoms with van der Waals surface area (Å²) in [7, 11) is -2.40.